The number of sulfonamides is 1. The second-order valence-electron chi connectivity index (χ2n) is 5.53. The van der Waals surface area contributed by atoms with Crippen LogP contribution in [0.1, 0.15) is 42.5 Å². The zero-order valence-electron chi connectivity index (χ0n) is 12.6. The van der Waals surface area contributed by atoms with Gasteiger partial charge in [-0.25, -0.2) is 18.2 Å². The number of hydrogen-bond acceptors (Lipinski definition) is 5. The van der Waals surface area contributed by atoms with Gasteiger partial charge in [-0.05, 0) is 18.9 Å². The normalized spacial score (nSPS) is 16.7. The van der Waals surface area contributed by atoms with Crippen LogP contribution in [0.3, 0.4) is 0 Å². The average molecular weight is 327 g/mol. The first-order chi connectivity index (χ1) is 10.4. The molecule has 0 amide bonds. The van der Waals surface area contributed by atoms with E-state index in [2.05, 4.69) is 9.71 Å². The largest absolute Gasteiger partial charge is 0.478 e. The molecule has 0 bridgehead atoms. The molecule has 0 atom stereocenters. The minimum atomic E-state index is -3.46. The molecule has 0 radical (unpaired) electrons. The first-order valence-electron chi connectivity index (χ1n) is 7.33. The molecular formula is C14H21N3O4S. The Labute approximate surface area is 130 Å². The summed E-state index contributed by atoms with van der Waals surface area (Å²) in [4.78, 5) is 17.7. The van der Waals surface area contributed by atoms with E-state index in [4.69, 9.17) is 0 Å². The number of anilines is 2. The van der Waals surface area contributed by atoms with Crippen molar-refractivity contribution in [2.24, 2.45) is 0 Å². The number of carboxylic acids is 1. The molecule has 1 aliphatic rings. The molecule has 0 spiro atoms. The molecule has 7 nitrogen and oxygen atoms in total. The molecule has 2 N–H and O–H groups in total. The number of aromatic carboxylic acids is 1. The molecule has 1 aromatic rings. The van der Waals surface area contributed by atoms with Gasteiger partial charge in [-0.15, -0.1) is 0 Å². The van der Waals surface area contributed by atoms with Crippen molar-refractivity contribution in [3.8, 4) is 0 Å². The van der Waals surface area contributed by atoms with Crippen molar-refractivity contribution < 1.29 is 18.3 Å². The summed E-state index contributed by atoms with van der Waals surface area (Å²) < 4.78 is 24.8. The Balaban J connectivity index is 2.31. The molecule has 1 aromatic heterocycles. The van der Waals surface area contributed by atoms with Crippen LogP contribution in [0.4, 0.5) is 11.5 Å². The summed E-state index contributed by atoms with van der Waals surface area (Å²) in [6.45, 7) is 1.54. The predicted octanol–water partition coefficient (Wildman–Crippen LogP) is 1.92. The Hall–Kier alpha value is -1.83. The van der Waals surface area contributed by atoms with Crippen molar-refractivity contribution in [3.63, 3.8) is 0 Å². The molecule has 0 saturated carbocycles. The van der Waals surface area contributed by atoms with Crippen LogP contribution >= 0.6 is 0 Å². The van der Waals surface area contributed by atoms with E-state index < -0.39 is 16.0 Å². The number of aromatic nitrogens is 1. The van der Waals surface area contributed by atoms with E-state index in [1.165, 1.54) is 18.7 Å². The molecule has 122 valence electrons. The van der Waals surface area contributed by atoms with E-state index in [1.807, 2.05) is 4.90 Å². The third-order valence-corrected chi connectivity index (χ3v) is 4.16. The third kappa shape index (κ3) is 4.59. The maximum absolute atomic E-state index is 11.5. The van der Waals surface area contributed by atoms with Gasteiger partial charge in [0.25, 0.3) is 0 Å². The van der Waals surface area contributed by atoms with Gasteiger partial charge in [0.15, 0.2) is 0 Å². The van der Waals surface area contributed by atoms with Gasteiger partial charge in [-0.3, -0.25) is 4.72 Å². The summed E-state index contributed by atoms with van der Waals surface area (Å²) in [5.41, 5.74) is 0.185. The zero-order valence-corrected chi connectivity index (χ0v) is 13.4. The highest BCUT2D eigenvalue weighted by Crippen LogP contribution is 2.24. The number of nitrogens with zero attached hydrogens (tertiary/aromatic N) is 2. The highest BCUT2D eigenvalue weighted by Gasteiger charge is 2.19. The Morgan fingerprint density at radius 3 is 2.36 bits per heavy atom. The molecule has 22 heavy (non-hydrogen) atoms. The summed E-state index contributed by atoms with van der Waals surface area (Å²) >= 11 is 0. The van der Waals surface area contributed by atoms with Crippen LogP contribution in [0.15, 0.2) is 12.3 Å². The van der Waals surface area contributed by atoms with Gasteiger partial charge >= 0.3 is 5.97 Å². The van der Waals surface area contributed by atoms with Gasteiger partial charge in [0.05, 0.1) is 18.1 Å². The summed E-state index contributed by atoms with van der Waals surface area (Å²) in [6, 6.07) is 1.32. The van der Waals surface area contributed by atoms with Gasteiger partial charge < -0.3 is 10.0 Å². The van der Waals surface area contributed by atoms with Gasteiger partial charge in [0.1, 0.15) is 11.4 Å². The SMILES string of the molecule is CS(=O)(=O)Nc1cnc(N2CCCCCCC2)c(C(=O)O)c1. The third-order valence-electron chi connectivity index (χ3n) is 3.56. The minimum absolute atomic E-state index is 0.0224. The number of pyridine rings is 1. The number of carbonyl (C=O) groups is 1. The predicted molar refractivity (Wildman–Crippen MR) is 85.0 cm³/mol. The lowest BCUT2D eigenvalue weighted by atomic mass is 10.1. The van der Waals surface area contributed by atoms with Crippen LogP contribution in [0.5, 0.6) is 0 Å². The lowest BCUT2D eigenvalue weighted by Crippen LogP contribution is -2.29. The average Bonchev–Trinajstić information content (AvgIpc) is 2.37. The van der Waals surface area contributed by atoms with Crippen molar-refractivity contribution in [1.82, 2.24) is 4.98 Å². The maximum atomic E-state index is 11.5. The number of hydrogen-bond donors (Lipinski definition) is 2. The van der Waals surface area contributed by atoms with E-state index in [0.717, 1.165) is 45.0 Å². The zero-order chi connectivity index (χ0) is 16.2. The molecule has 8 heteroatoms. The lowest BCUT2D eigenvalue weighted by Gasteiger charge is -2.27. The number of carboxylic acid groups (broad SMARTS) is 1. The van der Waals surface area contributed by atoms with Crippen molar-refractivity contribution in [1.29, 1.82) is 0 Å². The van der Waals surface area contributed by atoms with E-state index in [0.29, 0.717) is 5.82 Å². The summed E-state index contributed by atoms with van der Waals surface area (Å²) in [7, 11) is -3.46. The van der Waals surface area contributed by atoms with Crippen LogP contribution in [0.2, 0.25) is 0 Å². The molecule has 1 saturated heterocycles. The standard InChI is InChI=1S/C14H21N3O4S/c1-22(20,21)16-11-9-12(14(18)19)13(15-10-11)17-7-5-3-2-4-6-8-17/h9-10,16H,2-8H2,1H3,(H,18,19). The van der Waals surface area contributed by atoms with Crippen LogP contribution < -0.4 is 9.62 Å². The molecule has 2 rings (SSSR count). The fraction of sp³-hybridized carbons (Fsp3) is 0.571. The van der Waals surface area contributed by atoms with Gasteiger partial charge in [0, 0.05) is 13.1 Å². The van der Waals surface area contributed by atoms with Crippen LogP contribution in [-0.2, 0) is 10.0 Å². The molecule has 0 unspecified atom stereocenters. The Kier molecular flexibility index (Phi) is 5.23. The quantitative estimate of drug-likeness (QED) is 0.876. The van der Waals surface area contributed by atoms with E-state index >= 15 is 0 Å². The van der Waals surface area contributed by atoms with Gasteiger partial charge in [0.2, 0.25) is 10.0 Å². The number of rotatable bonds is 4. The lowest BCUT2D eigenvalue weighted by molar-refractivity contribution is 0.0697. The fourth-order valence-electron chi connectivity index (χ4n) is 2.60. The highest BCUT2D eigenvalue weighted by molar-refractivity contribution is 7.92. The highest BCUT2D eigenvalue weighted by atomic mass is 32.2. The monoisotopic (exact) mass is 327 g/mol. The Bertz CT molecular complexity index is 637. The molecule has 0 aliphatic carbocycles. The van der Waals surface area contributed by atoms with Crippen molar-refractivity contribution >= 4 is 27.5 Å². The first-order valence-corrected chi connectivity index (χ1v) is 9.22. The van der Waals surface area contributed by atoms with Crippen molar-refractivity contribution in [3.05, 3.63) is 17.8 Å². The van der Waals surface area contributed by atoms with Crippen molar-refractivity contribution in [2.45, 2.75) is 32.1 Å². The molecule has 1 aliphatic heterocycles. The molecule has 2 heterocycles. The fourth-order valence-corrected chi connectivity index (χ4v) is 3.14. The minimum Gasteiger partial charge on any atom is -0.478 e. The van der Waals surface area contributed by atoms with E-state index in [-0.39, 0.29) is 11.3 Å². The van der Waals surface area contributed by atoms with E-state index in [1.54, 1.807) is 0 Å². The van der Waals surface area contributed by atoms with Gasteiger partial charge in [-0.1, -0.05) is 19.3 Å². The molecule has 0 aromatic carbocycles. The van der Waals surface area contributed by atoms with Crippen molar-refractivity contribution in [2.75, 3.05) is 29.0 Å². The second kappa shape index (κ2) is 6.95. The summed E-state index contributed by atoms with van der Waals surface area (Å²) in [6.07, 6.45) is 7.86. The van der Waals surface area contributed by atoms with Crippen LogP contribution in [-0.4, -0.2) is 43.8 Å². The second-order valence-corrected chi connectivity index (χ2v) is 7.28. The summed E-state index contributed by atoms with van der Waals surface area (Å²) in [5.74, 6) is -0.699. The number of nitrogens with one attached hydrogen (secondary N) is 1. The Morgan fingerprint density at radius 1 is 1.23 bits per heavy atom. The maximum Gasteiger partial charge on any atom is 0.339 e. The summed E-state index contributed by atoms with van der Waals surface area (Å²) in [5, 5.41) is 9.40. The Morgan fingerprint density at radius 2 is 1.82 bits per heavy atom. The van der Waals surface area contributed by atoms with Crippen LogP contribution in [0.25, 0.3) is 0 Å². The topological polar surface area (TPSA) is 99.6 Å². The first kappa shape index (κ1) is 16.5. The van der Waals surface area contributed by atoms with Crippen LogP contribution in [0, 0.1) is 0 Å². The molecular weight excluding hydrogens is 306 g/mol. The van der Waals surface area contributed by atoms with Gasteiger partial charge in [-0.2, -0.15) is 0 Å². The van der Waals surface area contributed by atoms with E-state index in [9.17, 15) is 18.3 Å². The molecule has 1 fully saturated rings. The smallest absolute Gasteiger partial charge is 0.339 e.